The fraction of sp³-hybridized carbons (Fsp3) is 0.190. The number of benzene rings is 2. The molecule has 0 bridgehead atoms. The summed E-state index contributed by atoms with van der Waals surface area (Å²) in [4.78, 5) is 19.1. The Kier molecular flexibility index (Phi) is 5.18. The number of carbonyl (C=O) groups excluding carboxylic acids is 1. The number of fused-ring (bicyclic) bond motifs is 1. The van der Waals surface area contributed by atoms with Gasteiger partial charge in [0.2, 0.25) is 10.1 Å². The first kappa shape index (κ1) is 18.9. The topological polar surface area (TPSA) is 71.8 Å². The molecule has 1 amide bonds. The third-order valence-corrected chi connectivity index (χ3v) is 5.38. The van der Waals surface area contributed by atoms with Crippen LogP contribution in [0.25, 0.3) is 16.2 Å². The molecule has 0 saturated heterocycles. The van der Waals surface area contributed by atoms with Crippen molar-refractivity contribution in [3.05, 3.63) is 65.9 Å². The van der Waals surface area contributed by atoms with Gasteiger partial charge in [0.25, 0.3) is 5.91 Å². The first-order valence-corrected chi connectivity index (χ1v) is 9.90. The molecule has 2 heterocycles. The van der Waals surface area contributed by atoms with E-state index in [9.17, 15) is 4.79 Å². The second-order valence-corrected chi connectivity index (χ2v) is 7.68. The van der Waals surface area contributed by atoms with Crippen LogP contribution in [0.15, 0.2) is 54.7 Å². The largest absolute Gasteiger partial charge is 0.497 e. The van der Waals surface area contributed by atoms with Crippen LogP contribution in [0.3, 0.4) is 0 Å². The summed E-state index contributed by atoms with van der Waals surface area (Å²) in [5.74, 6) is 0.800. The molecule has 0 spiro atoms. The van der Waals surface area contributed by atoms with E-state index in [-0.39, 0.29) is 5.91 Å². The van der Waals surface area contributed by atoms with Gasteiger partial charge in [0.1, 0.15) is 5.75 Å². The minimum absolute atomic E-state index is 0.0345. The number of carbonyl (C=O) groups is 1. The Bertz CT molecular complexity index is 1150. The standard InChI is InChI=1S/C21H21N5O2S/c1-25(2)19(27)16-6-4-5-15(11-16)18-13-23-21-26(18)24-20(29-21)22-12-14-7-9-17(28-3)10-8-14/h4-11,13H,12H2,1-3H3,(H,22,24). The molecule has 2 aromatic carbocycles. The van der Waals surface area contributed by atoms with Crippen molar-refractivity contribution in [2.45, 2.75) is 6.54 Å². The Balaban J connectivity index is 1.56. The molecule has 0 aliphatic heterocycles. The minimum Gasteiger partial charge on any atom is -0.497 e. The SMILES string of the molecule is COc1ccc(CNc2nn3c(-c4cccc(C(=O)N(C)C)c4)cnc3s2)cc1. The Morgan fingerprint density at radius 2 is 2.00 bits per heavy atom. The maximum atomic E-state index is 12.3. The Labute approximate surface area is 172 Å². The van der Waals surface area contributed by atoms with Crippen molar-refractivity contribution in [3.63, 3.8) is 0 Å². The van der Waals surface area contributed by atoms with Crippen molar-refractivity contribution in [1.82, 2.24) is 19.5 Å². The summed E-state index contributed by atoms with van der Waals surface area (Å²) in [5.41, 5.74) is 3.52. The number of nitrogens with zero attached hydrogens (tertiary/aromatic N) is 4. The first-order valence-electron chi connectivity index (χ1n) is 9.08. The minimum atomic E-state index is -0.0345. The molecular weight excluding hydrogens is 386 g/mol. The summed E-state index contributed by atoms with van der Waals surface area (Å²) >= 11 is 1.48. The molecule has 4 aromatic rings. The average molecular weight is 407 g/mol. The van der Waals surface area contributed by atoms with Gasteiger partial charge in [-0.3, -0.25) is 4.79 Å². The molecule has 0 fully saturated rings. The summed E-state index contributed by atoms with van der Waals surface area (Å²) in [6.07, 6.45) is 1.78. The van der Waals surface area contributed by atoms with Crippen molar-refractivity contribution in [3.8, 4) is 17.0 Å². The number of imidazole rings is 1. The molecule has 0 aliphatic carbocycles. The van der Waals surface area contributed by atoms with E-state index in [0.29, 0.717) is 12.1 Å². The summed E-state index contributed by atoms with van der Waals surface area (Å²) in [7, 11) is 5.14. The second-order valence-electron chi connectivity index (χ2n) is 6.73. The van der Waals surface area contributed by atoms with Crippen molar-refractivity contribution in [2.75, 3.05) is 26.5 Å². The number of anilines is 1. The van der Waals surface area contributed by atoms with Crippen molar-refractivity contribution in [2.24, 2.45) is 0 Å². The Morgan fingerprint density at radius 1 is 1.21 bits per heavy atom. The molecule has 0 radical (unpaired) electrons. The predicted octanol–water partition coefficient (Wildman–Crippen LogP) is 3.78. The van der Waals surface area contributed by atoms with E-state index in [4.69, 9.17) is 4.74 Å². The summed E-state index contributed by atoms with van der Waals surface area (Å²) in [6, 6.07) is 15.4. The van der Waals surface area contributed by atoms with Crippen LogP contribution in [0.4, 0.5) is 5.13 Å². The van der Waals surface area contributed by atoms with Crippen LogP contribution >= 0.6 is 11.3 Å². The molecule has 29 heavy (non-hydrogen) atoms. The van der Waals surface area contributed by atoms with Gasteiger partial charge < -0.3 is 15.0 Å². The number of hydrogen-bond acceptors (Lipinski definition) is 6. The van der Waals surface area contributed by atoms with Crippen LogP contribution < -0.4 is 10.1 Å². The monoisotopic (exact) mass is 407 g/mol. The predicted molar refractivity (Wildman–Crippen MR) is 115 cm³/mol. The van der Waals surface area contributed by atoms with Crippen LogP contribution in [0.5, 0.6) is 5.75 Å². The fourth-order valence-corrected chi connectivity index (χ4v) is 3.72. The molecule has 0 unspecified atom stereocenters. The Hall–Kier alpha value is -3.39. The normalized spacial score (nSPS) is 10.9. The molecular formula is C21H21N5O2S. The molecule has 0 atom stereocenters. The van der Waals surface area contributed by atoms with E-state index in [1.165, 1.54) is 11.3 Å². The van der Waals surface area contributed by atoms with Crippen molar-refractivity contribution < 1.29 is 9.53 Å². The lowest BCUT2D eigenvalue weighted by Gasteiger charge is -2.10. The van der Waals surface area contributed by atoms with Gasteiger partial charge in [0.05, 0.1) is 19.0 Å². The van der Waals surface area contributed by atoms with Crippen LogP contribution in [-0.4, -0.2) is 46.6 Å². The maximum absolute atomic E-state index is 12.3. The number of hydrogen-bond donors (Lipinski definition) is 1. The molecule has 0 aliphatic rings. The molecule has 8 heteroatoms. The molecule has 148 valence electrons. The van der Waals surface area contributed by atoms with Crippen LogP contribution in [0.2, 0.25) is 0 Å². The quantitative estimate of drug-likeness (QED) is 0.527. The Morgan fingerprint density at radius 3 is 2.72 bits per heavy atom. The smallest absolute Gasteiger partial charge is 0.253 e. The third kappa shape index (κ3) is 3.93. The van der Waals surface area contributed by atoms with E-state index in [1.54, 1.807) is 36.8 Å². The lowest BCUT2D eigenvalue weighted by Crippen LogP contribution is -2.21. The van der Waals surface area contributed by atoms with Crippen LogP contribution in [-0.2, 0) is 6.54 Å². The molecule has 1 N–H and O–H groups in total. The summed E-state index contributed by atoms with van der Waals surface area (Å²) < 4.78 is 6.99. The zero-order chi connectivity index (χ0) is 20.4. The summed E-state index contributed by atoms with van der Waals surface area (Å²) in [5, 5.41) is 8.77. The highest BCUT2D eigenvalue weighted by molar-refractivity contribution is 7.20. The van der Waals surface area contributed by atoms with Gasteiger partial charge in [-0.15, -0.1) is 5.10 Å². The summed E-state index contributed by atoms with van der Waals surface area (Å²) in [6.45, 7) is 0.656. The number of rotatable bonds is 6. The molecule has 7 nitrogen and oxygen atoms in total. The lowest BCUT2D eigenvalue weighted by molar-refractivity contribution is 0.0827. The van der Waals surface area contributed by atoms with Gasteiger partial charge in [-0.25, -0.2) is 9.50 Å². The highest BCUT2D eigenvalue weighted by atomic mass is 32.1. The zero-order valence-corrected chi connectivity index (χ0v) is 17.2. The number of amides is 1. The van der Waals surface area contributed by atoms with Gasteiger partial charge in [-0.2, -0.15) is 0 Å². The van der Waals surface area contributed by atoms with Gasteiger partial charge >= 0.3 is 0 Å². The van der Waals surface area contributed by atoms with Gasteiger partial charge in [0, 0.05) is 31.8 Å². The van der Waals surface area contributed by atoms with Gasteiger partial charge in [-0.1, -0.05) is 35.6 Å². The number of aromatic nitrogens is 3. The van der Waals surface area contributed by atoms with Gasteiger partial charge in [-0.05, 0) is 29.8 Å². The molecule has 2 aromatic heterocycles. The first-order chi connectivity index (χ1) is 14.0. The second kappa shape index (κ2) is 7.92. The zero-order valence-electron chi connectivity index (χ0n) is 16.4. The van der Waals surface area contributed by atoms with E-state index >= 15 is 0 Å². The lowest BCUT2D eigenvalue weighted by atomic mass is 10.1. The van der Waals surface area contributed by atoms with E-state index in [0.717, 1.165) is 32.7 Å². The van der Waals surface area contributed by atoms with E-state index < -0.39 is 0 Å². The van der Waals surface area contributed by atoms with Crippen molar-refractivity contribution in [1.29, 1.82) is 0 Å². The number of nitrogens with one attached hydrogen (secondary N) is 1. The van der Waals surface area contributed by atoms with Crippen LogP contribution in [0, 0.1) is 0 Å². The van der Waals surface area contributed by atoms with E-state index in [1.807, 2.05) is 48.5 Å². The van der Waals surface area contributed by atoms with Gasteiger partial charge in [0.15, 0.2) is 0 Å². The maximum Gasteiger partial charge on any atom is 0.253 e. The number of methoxy groups -OCH3 is 1. The van der Waals surface area contributed by atoms with Crippen LogP contribution in [0.1, 0.15) is 15.9 Å². The average Bonchev–Trinajstić information content (AvgIpc) is 3.32. The molecule has 4 rings (SSSR count). The highest BCUT2D eigenvalue weighted by Gasteiger charge is 2.14. The molecule has 0 saturated carbocycles. The van der Waals surface area contributed by atoms with E-state index in [2.05, 4.69) is 15.4 Å². The highest BCUT2D eigenvalue weighted by Crippen LogP contribution is 2.27. The fourth-order valence-electron chi connectivity index (χ4n) is 2.95. The van der Waals surface area contributed by atoms with Crippen molar-refractivity contribution >= 4 is 27.3 Å². The third-order valence-electron chi connectivity index (χ3n) is 4.50. The number of ether oxygens (including phenoxy) is 1.